The molecule has 0 spiro atoms. The molecule has 0 bridgehead atoms. The van der Waals surface area contributed by atoms with Gasteiger partial charge in [-0.2, -0.15) is 0 Å². The number of benzene rings is 1. The summed E-state index contributed by atoms with van der Waals surface area (Å²) in [6.45, 7) is 5.09. The van der Waals surface area contributed by atoms with Crippen molar-refractivity contribution in [2.45, 2.75) is 33.0 Å². The summed E-state index contributed by atoms with van der Waals surface area (Å²) in [6.07, 6.45) is 3.67. The van der Waals surface area contributed by atoms with Crippen molar-refractivity contribution < 1.29 is 28.9 Å². The van der Waals surface area contributed by atoms with E-state index in [0.717, 1.165) is 0 Å². The molecule has 1 N–H and O–H groups in total. The molecule has 0 saturated carbocycles. The van der Waals surface area contributed by atoms with Crippen LogP contribution in [0.1, 0.15) is 43.4 Å². The van der Waals surface area contributed by atoms with Gasteiger partial charge in [-0.05, 0) is 12.5 Å². The fourth-order valence-corrected chi connectivity index (χ4v) is 2.53. The first kappa shape index (κ1) is 17.7. The summed E-state index contributed by atoms with van der Waals surface area (Å²) < 4.78 is 16.2. The molecule has 0 aliphatic carbocycles. The van der Waals surface area contributed by atoms with Gasteiger partial charge < -0.3 is 19.3 Å². The summed E-state index contributed by atoms with van der Waals surface area (Å²) >= 11 is 0. The Morgan fingerprint density at radius 3 is 2.38 bits per heavy atom. The number of hydrogen-bond donors (Lipinski definition) is 1. The Bertz CT molecular complexity index is 920. The summed E-state index contributed by atoms with van der Waals surface area (Å²) in [7, 11) is 0. The number of carbonyl (C=O) groups excluding carboxylic acids is 1. The first-order chi connectivity index (χ1) is 12.2. The molecule has 0 amide bonds. The maximum absolute atomic E-state index is 11.5. The standard InChI is InChI=1S/C18H18N2O6/c1-10(21)24-7-5-4-6-11-16(17(22)23)20-13-9-15-14(8-12(13)19-11)25-18(2,3)26-15/h4,6,8-9H,5,7H2,1-3H3,(H,22,23)/b6-4+. The van der Waals surface area contributed by atoms with E-state index in [4.69, 9.17) is 14.2 Å². The van der Waals surface area contributed by atoms with Gasteiger partial charge in [-0.1, -0.05) is 6.08 Å². The summed E-state index contributed by atoms with van der Waals surface area (Å²) in [5, 5.41) is 9.42. The zero-order chi connectivity index (χ0) is 18.9. The Hall–Kier alpha value is -3.16. The minimum Gasteiger partial charge on any atom is -0.476 e. The van der Waals surface area contributed by atoms with Gasteiger partial charge in [0, 0.05) is 32.9 Å². The number of carbonyl (C=O) groups is 2. The lowest BCUT2D eigenvalue weighted by Crippen LogP contribution is -2.29. The molecule has 0 saturated heterocycles. The van der Waals surface area contributed by atoms with Gasteiger partial charge in [0.1, 0.15) is 0 Å². The fourth-order valence-electron chi connectivity index (χ4n) is 2.53. The molecule has 2 aromatic rings. The highest BCUT2D eigenvalue weighted by molar-refractivity contribution is 5.92. The molecule has 8 heteroatoms. The number of aromatic nitrogens is 2. The van der Waals surface area contributed by atoms with Crippen LogP contribution in [-0.4, -0.2) is 39.4 Å². The maximum Gasteiger partial charge on any atom is 0.356 e. The Morgan fingerprint density at radius 2 is 1.81 bits per heavy atom. The van der Waals surface area contributed by atoms with Crippen LogP contribution in [0.2, 0.25) is 0 Å². The fraction of sp³-hybridized carbons (Fsp3) is 0.333. The lowest BCUT2D eigenvalue weighted by atomic mass is 10.2. The van der Waals surface area contributed by atoms with Gasteiger partial charge in [0.25, 0.3) is 0 Å². The normalized spacial score (nSPS) is 14.7. The number of nitrogens with zero attached hydrogens (tertiary/aromatic N) is 2. The number of carboxylic acid groups (broad SMARTS) is 1. The minimum absolute atomic E-state index is 0.167. The summed E-state index contributed by atoms with van der Waals surface area (Å²) in [4.78, 5) is 30.8. The molecule has 1 aliphatic heterocycles. The van der Waals surface area contributed by atoms with E-state index in [0.29, 0.717) is 29.0 Å². The summed E-state index contributed by atoms with van der Waals surface area (Å²) in [5.41, 5.74) is 0.944. The molecule has 8 nitrogen and oxygen atoms in total. The van der Waals surface area contributed by atoms with Gasteiger partial charge in [-0.25, -0.2) is 14.8 Å². The Labute approximate surface area is 149 Å². The zero-order valence-corrected chi connectivity index (χ0v) is 14.6. The number of hydrogen-bond acceptors (Lipinski definition) is 7. The Kier molecular flexibility index (Phi) is 4.50. The summed E-state index contributed by atoms with van der Waals surface area (Å²) in [5.74, 6) is -1.32. The Balaban J connectivity index is 1.94. The summed E-state index contributed by atoms with van der Waals surface area (Å²) in [6, 6.07) is 3.29. The van der Waals surface area contributed by atoms with Crippen LogP contribution in [0, 0.1) is 0 Å². The monoisotopic (exact) mass is 358 g/mol. The van der Waals surface area contributed by atoms with Crippen molar-refractivity contribution in [3.63, 3.8) is 0 Å². The third kappa shape index (κ3) is 3.74. The number of ether oxygens (including phenoxy) is 3. The van der Waals surface area contributed by atoms with Crippen molar-refractivity contribution in [2.24, 2.45) is 0 Å². The minimum atomic E-state index is -1.18. The average molecular weight is 358 g/mol. The predicted octanol–water partition coefficient (Wildman–Crippen LogP) is 2.80. The topological polar surface area (TPSA) is 108 Å². The average Bonchev–Trinajstić information content (AvgIpc) is 2.83. The molecule has 1 aromatic heterocycles. The lowest BCUT2D eigenvalue weighted by Gasteiger charge is -2.16. The maximum atomic E-state index is 11.5. The molecule has 1 aromatic carbocycles. The van der Waals surface area contributed by atoms with Crippen LogP contribution in [0.4, 0.5) is 0 Å². The van der Waals surface area contributed by atoms with Crippen molar-refractivity contribution in [2.75, 3.05) is 6.61 Å². The van der Waals surface area contributed by atoms with E-state index in [9.17, 15) is 14.7 Å². The molecular weight excluding hydrogens is 340 g/mol. The molecule has 2 heterocycles. The van der Waals surface area contributed by atoms with Gasteiger partial charge in [0.05, 0.1) is 23.3 Å². The van der Waals surface area contributed by atoms with E-state index in [1.807, 2.05) is 0 Å². The second-order valence-electron chi connectivity index (χ2n) is 6.19. The highest BCUT2D eigenvalue weighted by Crippen LogP contribution is 2.41. The van der Waals surface area contributed by atoms with E-state index in [-0.39, 0.29) is 24.0 Å². The number of rotatable bonds is 5. The molecule has 3 rings (SSSR count). The number of carboxylic acids is 1. The molecule has 0 radical (unpaired) electrons. The van der Waals surface area contributed by atoms with Crippen molar-refractivity contribution in [3.8, 4) is 11.5 Å². The number of aromatic carboxylic acids is 1. The second-order valence-corrected chi connectivity index (χ2v) is 6.19. The van der Waals surface area contributed by atoms with Crippen LogP contribution in [0.3, 0.4) is 0 Å². The molecular formula is C18H18N2O6. The van der Waals surface area contributed by atoms with E-state index in [2.05, 4.69) is 9.97 Å². The third-order valence-corrected chi connectivity index (χ3v) is 3.54. The van der Waals surface area contributed by atoms with Crippen LogP contribution in [-0.2, 0) is 9.53 Å². The van der Waals surface area contributed by atoms with Crippen LogP contribution in [0.15, 0.2) is 18.2 Å². The SMILES string of the molecule is CC(=O)OCC/C=C/c1nc2cc3c(cc2nc1C(=O)O)OC(C)(C)O3. The molecule has 0 fully saturated rings. The highest BCUT2D eigenvalue weighted by atomic mass is 16.7. The third-order valence-electron chi connectivity index (χ3n) is 3.54. The quantitative estimate of drug-likeness (QED) is 0.642. The number of esters is 1. The van der Waals surface area contributed by atoms with Gasteiger partial charge in [-0.3, -0.25) is 4.79 Å². The molecule has 0 unspecified atom stereocenters. The highest BCUT2D eigenvalue weighted by Gasteiger charge is 2.32. The largest absolute Gasteiger partial charge is 0.476 e. The van der Waals surface area contributed by atoms with Crippen LogP contribution >= 0.6 is 0 Å². The van der Waals surface area contributed by atoms with Crippen molar-refractivity contribution >= 4 is 29.0 Å². The number of fused-ring (bicyclic) bond motifs is 2. The predicted molar refractivity (Wildman–Crippen MR) is 92.1 cm³/mol. The molecule has 136 valence electrons. The van der Waals surface area contributed by atoms with Gasteiger partial charge in [-0.15, -0.1) is 0 Å². The molecule has 1 aliphatic rings. The smallest absolute Gasteiger partial charge is 0.356 e. The van der Waals surface area contributed by atoms with Gasteiger partial charge in [0.2, 0.25) is 5.79 Å². The van der Waals surface area contributed by atoms with Crippen molar-refractivity contribution in [1.82, 2.24) is 9.97 Å². The van der Waals surface area contributed by atoms with Gasteiger partial charge in [0.15, 0.2) is 17.2 Å². The van der Waals surface area contributed by atoms with Crippen LogP contribution in [0.25, 0.3) is 17.1 Å². The van der Waals surface area contributed by atoms with E-state index in [1.165, 1.54) is 6.92 Å². The first-order valence-corrected chi connectivity index (χ1v) is 8.02. The van der Waals surface area contributed by atoms with E-state index < -0.39 is 11.8 Å². The van der Waals surface area contributed by atoms with Gasteiger partial charge >= 0.3 is 11.9 Å². The van der Waals surface area contributed by atoms with Crippen LogP contribution < -0.4 is 9.47 Å². The Morgan fingerprint density at radius 1 is 1.19 bits per heavy atom. The van der Waals surface area contributed by atoms with Crippen molar-refractivity contribution in [3.05, 3.63) is 29.6 Å². The van der Waals surface area contributed by atoms with E-state index in [1.54, 1.807) is 38.1 Å². The second kappa shape index (κ2) is 6.62. The molecule has 0 atom stereocenters. The van der Waals surface area contributed by atoms with Crippen LogP contribution in [0.5, 0.6) is 11.5 Å². The van der Waals surface area contributed by atoms with E-state index >= 15 is 0 Å². The first-order valence-electron chi connectivity index (χ1n) is 8.02. The zero-order valence-electron chi connectivity index (χ0n) is 14.6. The van der Waals surface area contributed by atoms with Crippen molar-refractivity contribution in [1.29, 1.82) is 0 Å². The molecule has 26 heavy (non-hydrogen) atoms. The lowest BCUT2D eigenvalue weighted by molar-refractivity contribution is -0.140.